The summed E-state index contributed by atoms with van der Waals surface area (Å²) in [5.41, 5.74) is 0.648. The molecule has 1 aromatic heterocycles. The summed E-state index contributed by atoms with van der Waals surface area (Å²) in [6.07, 6.45) is 1.64. The van der Waals surface area contributed by atoms with Gasteiger partial charge in [0, 0.05) is 14.1 Å². The van der Waals surface area contributed by atoms with Gasteiger partial charge in [0.25, 0.3) is 0 Å². The van der Waals surface area contributed by atoms with E-state index in [1.165, 1.54) is 0 Å². The molecule has 50 valence electrons. The summed E-state index contributed by atoms with van der Waals surface area (Å²) in [6.45, 7) is 0. The van der Waals surface area contributed by atoms with E-state index in [0.29, 0.717) is 5.62 Å². The highest BCUT2D eigenvalue weighted by atomic mass is 15.4. The summed E-state index contributed by atoms with van der Waals surface area (Å²) in [5, 5.41) is 7.39. The van der Waals surface area contributed by atoms with Crippen LogP contribution in [0.3, 0.4) is 0 Å². The van der Waals surface area contributed by atoms with Crippen molar-refractivity contribution in [2.24, 2.45) is 25.0 Å². The topological polar surface area (TPSA) is 61.1 Å². The molecule has 0 aromatic carbocycles. The molecular weight excluding hydrogens is 118 g/mol. The molecule has 2 N–H and O–H groups in total. The summed E-state index contributed by atoms with van der Waals surface area (Å²) in [7, 11) is 3.62. The van der Waals surface area contributed by atoms with Crippen molar-refractivity contribution in [2.75, 3.05) is 0 Å². The van der Waals surface area contributed by atoms with E-state index < -0.39 is 0 Å². The Morgan fingerprint density at radius 2 is 2.33 bits per heavy atom. The van der Waals surface area contributed by atoms with Gasteiger partial charge in [-0.1, -0.05) is 0 Å². The Kier molecular flexibility index (Phi) is 1.26. The molecule has 0 aliphatic heterocycles. The van der Waals surface area contributed by atoms with Crippen LogP contribution in [0.4, 0.5) is 0 Å². The zero-order valence-corrected chi connectivity index (χ0v) is 5.44. The van der Waals surface area contributed by atoms with Crippen molar-refractivity contribution in [2.45, 2.75) is 0 Å². The fraction of sp³-hybridized carbons (Fsp3) is 0.500. The first-order chi connectivity index (χ1) is 4.25. The van der Waals surface area contributed by atoms with Crippen LogP contribution in [0.25, 0.3) is 0 Å². The van der Waals surface area contributed by atoms with Crippen LogP contribution in [0, 0.1) is 0 Å². The van der Waals surface area contributed by atoms with Crippen LogP contribution >= 0.6 is 0 Å². The fourth-order valence-corrected chi connectivity index (χ4v) is 0.661. The third-order valence-electron chi connectivity index (χ3n) is 1.12. The van der Waals surface area contributed by atoms with E-state index in [0.717, 1.165) is 0 Å². The lowest BCUT2D eigenvalue weighted by atomic mass is 11.0. The third kappa shape index (κ3) is 0.802. The van der Waals surface area contributed by atoms with Gasteiger partial charge in [-0.25, -0.2) is 4.68 Å². The summed E-state index contributed by atoms with van der Waals surface area (Å²) in [6, 6.07) is 0. The smallest absolute Gasteiger partial charge is 0.243 e. The van der Waals surface area contributed by atoms with E-state index in [9.17, 15) is 0 Å². The molecule has 1 heterocycles. The van der Waals surface area contributed by atoms with Crippen molar-refractivity contribution >= 4 is 0 Å². The highest BCUT2D eigenvalue weighted by Crippen LogP contribution is 1.65. The van der Waals surface area contributed by atoms with Crippen molar-refractivity contribution in [3.63, 3.8) is 0 Å². The van der Waals surface area contributed by atoms with Gasteiger partial charge in [-0.15, -0.1) is 5.10 Å². The number of hydrogen-bond acceptors (Lipinski definition) is 3. The van der Waals surface area contributed by atoms with E-state index >= 15 is 0 Å². The first-order valence-corrected chi connectivity index (χ1v) is 2.54. The number of aryl methyl sites for hydroxylation is 2. The molecule has 0 saturated heterocycles. The lowest BCUT2D eigenvalue weighted by Gasteiger charge is -1.86. The average Bonchev–Trinajstić information content (AvgIpc) is 2.12. The molecule has 0 aliphatic rings. The second-order valence-corrected chi connectivity index (χ2v) is 1.79. The molecule has 0 bridgehead atoms. The molecule has 5 nitrogen and oxygen atoms in total. The normalized spacial score (nSPS) is 12.4. The fourth-order valence-electron chi connectivity index (χ4n) is 0.661. The predicted molar refractivity (Wildman–Crippen MR) is 31.9 cm³/mol. The standard InChI is InChI=1S/C4H9N5/c1-8-3-6-9(2)4(8)7-5/h3H,5H2,1-2H3/b7-4+. The van der Waals surface area contributed by atoms with Crippen LogP contribution in [0.15, 0.2) is 11.4 Å². The monoisotopic (exact) mass is 127 g/mol. The van der Waals surface area contributed by atoms with Gasteiger partial charge in [0.2, 0.25) is 5.62 Å². The quantitative estimate of drug-likeness (QED) is 0.342. The number of nitrogens with zero attached hydrogens (tertiary/aromatic N) is 4. The van der Waals surface area contributed by atoms with E-state index in [-0.39, 0.29) is 0 Å². The Morgan fingerprint density at radius 1 is 1.67 bits per heavy atom. The lowest BCUT2D eigenvalue weighted by molar-refractivity contribution is 0.679. The van der Waals surface area contributed by atoms with Gasteiger partial charge in [-0.3, -0.25) is 0 Å². The first kappa shape index (κ1) is 5.87. The summed E-state index contributed by atoms with van der Waals surface area (Å²) in [5.74, 6) is 5.04. The Hall–Kier alpha value is -1.26. The van der Waals surface area contributed by atoms with Crippen LogP contribution in [-0.2, 0) is 14.1 Å². The highest BCUT2D eigenvalue weighted by molar-refractivity contribution is 4.59. The maximum atomic E-state index is 5.04. The van der Waals surface area contributed by atoms with Gasteiger partial charge >= 0.3 is 0 Å². The lowest BCUT2D eigenvalue weighted by Crippen LogP contribution is -2.24. The minimum absolute atomic E-state index is 0.648. The van der Waals surface area contributed by atoms with Crippen LogP contribution in [0.1, 0.15) is 0 Å². The van der Waals surface area contributed by atoms with Crippen molar-refractivity contribution in [3.05, 3.63) is 11.9 Å². The van der Waals surface area contributed by atoms with E-state index in [2.05, 4.69) is 10.2 Å². The SMILES string of the molecule is Cn1cnn(C)/c1=N/N. The van der Waals surface area contributed by atoms with Crippen molar-refractivity contribution in [1.82, 2.24) is 14.3 Å². The summed E-state index contributed by atoms with van der Waals surface area (Å²) < 4.78 is 3.33. The molecule has 1 rings (SSSR count). The second kappa shape index (κ2) is 1.93. The molecule has 0 spiro atoms. The van der Waals surface area contributed by atoms with Gasteiger partial charge in [0.05, 0.1) is 0 Å². The van der Waals surface area contributed by atoms with Crippen LogP contribution < -0.4 is 11.5 Å². The molecule has 9 heavy (non-hydrogen) atoms. The molecule has 0 amide bonds. The molecule has 0 atom stereocenters. The minimum atomic E-state index is 0.648. The molecule has 0 radical (unpaired) electrons. The predicted octanol–water partition coefficient (Wildman–Crippen LogP) is -1.47. The Balaban J connectivity index is 3.42. The molecule has 0 aliphatic carbocycles. The zero-order valence-electron chi connectivity index (χ0n) is 5.44. The number of aromatic nitrogens is 3. The number of rotatable bonds is 0. The Morgan fingerprint density at radius 3 is 2.56 bits per heavy atom. The molecule has 0 unspecified atom stereocenters. The molecule has 5 heteroatoms. The van der Waals surface area contributed by atoms with Crippen molar-refractivity contribution in [3.8, 4) is 0 Å². The average molecular weight is 127 g/mol. The Labute approximate surface area is 52.4 Å². The van der Waals surface area contributed by atoms with Crippen molar-refractivity contribution in [1.29, 1.82) is 0 Å². The maximum absolute atomic E-state index is 5.04. The van der Waals surface area contributed by atoms with Gasteiger partial charge in [-0.05, 0) is 0 Å². The van der Waals surface area contributed by atoms with Crippen LogP contribution in [0.2, 0.25) is 0 Å². The van der Waals surface area contributed by atoms with Gasteiger partial charge in [0.15, 0.2) is 0 Å². The van der Waals surface area contributed by atoms with Crippen LogP contribution in [0.5, 0.6) is 0 Å². The molecule has 0 saturated carbocycles. The largest absolute Gasteiger partial charge is 0.320 e. The van der Waals surface area contributed by atoms with Crippen molar-refractivity contribution < 1.29 is 0 Å². The summed E-state index contributed by atoms with van der Waals surface area (Å²) in [4.78, 5) is 0. The first-order valence-electron chi connectivity index (χ1n) is 2.54. The minimum Gasteiger partial charge on any atom is -0.320 e. The van der Waals surface area contributed by atoms with Gasteiger partial charge in [0.1, 0.15) is 6.33 Å². The second-order valence-electron chi connectivity index (χ2n) is 1.79. The zero-order chi connectivity index (χ0) is 6.85. The summed E-state index contributed by atoms with van der Waals surface area (Å²) >= 11 is 0. The van der Waals surface area contributed by atoms with Gasteiger partial charge < -0.3 is 10.4 Å². The molecule has 0 fully saturated rings. The maximum Gasteiger partial charge on any atom is 0.243 e. The molecular formula is C4H9N5. The van der Waals surface area contributed by atoms with E-state index in [4.69, 9.17) is 5.84 Å². The number of hydrogen-bond donors (Lipinski definition) is 1. The highest BCUT2D eigenvalue weighted by Gasteiger charge is 1.89. The van der Waals surface area contributed by atoms with Gasteiger partial charge in [-0.2, -0.15) is 5.10 Å². The number of nitrogens with two attached hydrogens (primary N) is 1. The van der Waals surface area contributed by atoms with E-state index in [1.54, 1.807) is 22.6 Å². The van der Waals surface area contributed by atoms with E-state index in [1.807, 2.05) is 7.05 Å². The Bertz CT molecular complexity index is 232. The van der Waals surface area contributed by atoms with Crippen LogP contribution in [-0.4, -0.2) is 14.3 Å². The third-order valence-corrected chi connectivity index (χ3v) is 1.12. The molecule has 1 aromatic rings.